The van der Waals surface area contributed by atoms with Gasteiger partial charge in [0.25, 0.3) is 0 Å². The third-order valence-corrected chi connectivity index (χ3v) is 9.07. The summed E-state index contributed by atoms with van der Waals surface area (Å²) in [5.41, 5.74) is 5.38. The first-order chi connectivity index (χ1) is 16.1. The van der Waals surface area contributed by atoms with Gasteiger partial charge in [-0.2, -0.15) is 0 Å². The summed E-state index contributed by atoms with van der Waals surface area (Å²) in [7, 11) is -0.589. The molecule has 0 aliphatic heterocycles. The third-order valence-electron chi connectivity index (χ3n) is 6.52. The Morgan fingerprint density at radius 2 is 1.42 bits per heavy atom. The number of allylic oxidation sites excluding steroid dienone is 4. The molecule has 0 radical (unpaired) electrons. The average Bonchev–Trinajstić information content (AvgIpc) is 3.51. The van der Waals surface area contributed by atoms with Crippen LogP contribution >= 0.6 is 7.92 Å². The predicted octanol–water partition coefficient (Wildman–Crippen LogP) is 6.29. The zero-order valence-electron chi connectivity index (χ0n) is 19.5. The standard InChI is InChI=1S/C30H30N2P/c1-23-12-10-13-24(2)30(23)32-21-20-31(22-32)25(3)28-18-11-19-29(28)33(26-14-6-4-7-15-26)27-16-8-5-9-17-27/h4-17,19-22,25H,18H2,1-3H3/q+1. The lowest BCUT2D eigenvalue weighted by Gasteiger charge is -2.23. The van der Waals surface area contributed by atoms with Crippen molar-refractivity contribution in [3.8, 4) is 5.69 Å². The Balaban J connectivity index is 1.56. The molecule has 0 spiro atoms. The van der Waals surface area contributed by atoms with Gasteiger partial charge in [0.05, 0.1) is 0 Å². The fraction of sp³-hybridized carbons (Fsp3) is 0.167. The molecule has 0 fully saturated rings. The number of para-hydroxylation sites is 1. The normalized spacial score (nSPS) is 14.3. The van der Waals surface area contributed by atoms with Crippen molar-refractivity contribution in [1.29, 1.82) is 0 Å². The lowest BCUT2D eigenvalue weighted by atomic mass is 10.1. The minimum Gasteiger partial charge on any atom is -0.230 e. The molecule has 0 saturated carbocycles. The number of hydrogen-bond acceptors (Lipinski definition) is 0. The van der Waals surface area contributed by atoms with Crippen molar-refractivity contribution in [2.75, 3.05) is 0 Å². The third kappa shape index (κ3) is 4.24. The summed E-state index contributed by atoms with van der Waals surface area (Å²) in [5, 5.41) is 4.30. The van der Waals surface area contributed by atoms with Crippen LogP contribution in [-0.4, -0.2) is 4.57 Å². The van der Waals surface area contributed by atoms with Crippen LogP contribution in [0.1, 0.15) is 30.5 Å². The monoisotopic (exact) mass is 449 g/mol. The van der Waals surface area contributed by atoms with Gasteiger partial charge >= 0.3 is 0 Å². The second-order valence-electron chi connectivity index (χ2n) is 8.71. The number of aryl methyl sites for hydroxylation is 2. The van der Waals surface area contributed by atoms with Gasteiger partial charge in [0, 0.05) is 0 Å². The molecule has 1 unspecified atom stereocenters. The molecule has 0 bridgehead atoms. The summed E-state index contributed by atoms with van der Waals surface area (Å²) in [6.45, 7) is 6.70. The molecule has 0 saturated heterocycles. The van der Waals surface area contributed by atoms with Crippen LogP contribution < -0.4 is 15.2 Å². The van der Waals surface area contributed by atoms with E-state index in [1.165, 1.54) is 38.3 Å². The highest BCUT2D eigenvalue weighted by atomic mass is 31.1. The van der Waals surface area contributed by atoms with Crippen LogP contribution in [0.5, 0.6) is 0 Å². The van der Waals surface area contributed by atoms with Crippen molar-refractivity contribution in [2.45, 2.75) is 33.2 Å². The number of rotatable bonds is 6. The van der Waals surface area contributed by atoms with Crippen LogP contribution in [0, 0.1) is 13.8 Å². The molecule has 1 aliphatic rings. The first-order valence-electron chi connectivity index (χ1n) is 11.6. The fourth-order valence-corrected chi connectivity index (χ4v) is 7.43. The van der Waals surface area contributed by atoms with Gasteiger partial charge in [-0.15, -0.1) is 0 Å². The maximum absolute atomic E-state index is 2.38. The molecule has 3 heteroatoms. The zero-order chi connectivity index (χ0) is 22.8. The van der Waals surface area contributed by atoms with Gasteiger partial charge < -0.3 is 0 Å². The molecule has 4 aromatic rings. The lowest BCUT2D eigenvalue weighted by molar-refractivity contribution is -0.710. The van der Waals surface area contributed by atoms with Crippen LogP contribution in [0.2, 0.25) is 0 Å². The summed E-state index contributed by atoms with van der Waals surface area (Å²) >= 11 is 0. The molecule has 164 valence electrons. The summed E-state index contributed by atoms with van der Waals surface area (Å²) in [6, 6.07) is 28.8. The van der Waals surface area contributed by atoms with E-state index in [4.69, 9.17) is 0 Å². The molecule has 2 nitrogen and oxygen atoms in total. The van der Waals surface area contributed by atoms with Crippen LogP contribution in [0.15, 0.2) is 121 Å². The van der Waals surface area contributed by atoms with E-state index < -0.39 is 7.92 Å². The predicted molar refractivity (Wildman–Crippen MR) is 140 cm³/mol. The molecule has 3 aromatic carbocycles. The summed E-state index contributed by atoms with van der Waals surface area (Å²) in [5.74, 6) is 0. The molecule has 1 aliphatic carbocycles. The molecular formula is C30H30N2P+. The zero-order valence-corrected chi connectivity index (χ0v) is 20.4. The molecule has 1 atom stereocenters. The quantitative estimate of drug-likeness (QED) is 0.242. The first kappa shape index (κ1) is 21.6. The van der Waals surface area contributed by atoms with Gasteiger partial charge in [0.15, 0.2) is 0 Å². The van der Waals surface area contributed by atoms with E-state index in [9.17, 15) is 0 Å². The van der Waals surface area contributed by atoms with Crippen molar-refractivity contribution in [3.05, 3.63) is 132 Å². The lowest BCUT2D eigenvalue weighted by Crippen LogP contribution is -2.37. The van der Waals surface area contributed by atoms with E-state index >= 15 is 0 Å². The van der Waals surface area contributed by atoms with E-state index in [2.05, 4.69) is 140 Å². The number of nitrogens with zero attached hydrogens (tertiary/aromatic N) is 2. The number of aromatic nitrogens is 2. The van der Waals surface area contributed by atoms with E-state index in [1.807, 2.05) is 0 Å². The fourth-order valence-electron chi connectivity index (χ4n) is 4.82. The van der Waals surface area contributed by atoms with Crippen LogP contribution in [0.3, 0.4) is 0 Å². The van der Waals surface area contributed by atoms with Crippen LogP contribution in [-0.2, 0) is 0 Å². The van der Waals surface area contributed by atoms with E-state index in [0.717, 1.165) is 6.42 Å². The highest BCUT2D eigenvalue weighted by molar-refractivity contribution is 7.77. The van der Waals surface area contributed by atoms with Crippen LogP contribution in [0.25, 0.3) is 5.69 Å². The Hall–Kier alpha value is -3.22. The van der Waals surface area contributed by atoms with Gasteiger partial charge in [0.2, 0.25) is 6.33 Å². The van der Waals surface area contributed by atoms with Crippen molar-refractivity contribution >= 4 is 18.5 Å². The minimum absolute atomic E-state index is 0.290. The Kier molecular flexibility index (Phi) is 6.11. The number of hydrogen-bond donors (Lipinski definition) is 0. The van der Waals surface area contributed by atoms with Gasteiger partial charge in [-0.1, -0.05) is 91.0 Å². The highest BCUT2D eigenvalue weighted by Gasteiger charge is 2.28. The summed E-state index contributed by atoms with van der Waals surface area (Å²) < 4.78 is 4.62. The van der Waals surface area contributed by atoms with Crippen molar-refractivity contribution in [3.63, 3.8) is 0 Å². The summed E-state index contributed by atoms with van der Waals surface area (Å²) in [6.07, 6.45) is 12.4. The first-order valence-corrected chi connectivity index (χ1v) is 12.9. The van der Waals surface area contributed by atoms with E-state index in [1.54, 1.807) is 0 Å². The molecule has 1 heterocycles. The van der Waals surface area contributed by atoms with Gasteiger partial charge in [0.1, 0.15) is 24.1 Å². The molecule has 1 aromatic heterocycles. The number of imidazole rings is 1. The molecule has 0 N–H and O–H groups in total. The molecule has 5 rings (SSSR count). The summed E-state index contributed by atoms with van der Waals surface area (Å²) in [4.78, 5) is 0. The van der Waals surface area contributed by atoms with Gasteiger partial charge in [-0.05, 0) is 67.7 Å². The van der Waals surface area contributed by atoms with Gasteiger partial charge in [-0.25, -0.2) is 9.13 Å². The molecule has 0 amide bonds. The molecular weight excluding hydrogens is 419 g/mol. The van der Waals surface area contributed by atoms with E-state index in [0.29, 0.717) is 0 Å². The highest BCUT2D eigenvalue weighted by Crippen LogP contribution is 2.49. The Bertz CT molecular complexity index is 1260. The topological polar surface area (TPSA) is 8.81 Å². The van der Waals surface area contributed by atoms with Crippen molar-refractivity contribution < 1.29 is 4.57 Å². The Morgan fingerprint density at radius 3 is 2.03 bits per heavy atom. The Morgan fingerprint density at radius 1 is 0.818 bits per heavy atom. The maximum Gasteiger partial charge on any atom is 0.249 e. The van der Waals surface area contributed by atoms with Gasteiger partial charge in [-0.3, -0.25) is 0 Å². The minimum atomic E-state index is -0.589. The van der Waals surface area contributed by atoms with Crippen LogP contribution in [0.4, 0.5) is 0 Å². The van der Waals surface area contributed by atoms with Crippen molar-refractivity contribution in [2.24, 2.45) is 0 Å². The average molecular weight is 450 g/mol. The second-order valence-corrected chi connectivity index (χ2v) is 10.9. The number of benzene rings is 3. The maximum atomic E-state index is 2.38. The van der Waals surface area contributed by atoms with E-state index in [-0.39, 0.29) is 6.04 Å². The SMILES string of the molecule is Cc1cccc(C)c1-n1cc[n+](C(C)C2=C(P(c3ccccc3)c3ccccc3)C=CC2)c1. The largest absolute Gasteiger partial charge is 0.249 e. The molecule has 33 heavy (non-hydrogen) atoms. The van der Waals surface area contributed by atoms with Crippen molar-refractivity contribution in [1.82, 2.24) is 4.57 Å². The second kappa shape index (κ2) is 9.33. The smallest absolute Gasteiger partial charge is 0.230 e. The Labute approximate surface area is 198 Å².